The van der Waals surface area contributed by atoms with E-state index < -0.39 is 5.92 Å². The molecule has 0 aliphatic carbocycles. The third-order valence-electron chi connectivity index (χ3n) is 3.26. The fourth-order valence-corrected chi connectivity index (χ4v) is 2.00. The Bertz CT molecular complexity index is 457. The van der Waals surface area contributed by atoms with Crippen LogP contribution < -0.4 is 4.90 Å². The van der Waals surface area contributed by atoms with Crippen molar-refractivity contribution in [1.29, 1.82) is 5.26 Å². The van der Waals surface area contributed by atoms with Crippen LogP contribution in [-0.2, 0) is 11.2 Å². The normalized spacial score (nSPS) is 12.0. The van der Waals surface area contributed by atoms with Crippen LogP contribution in [0.1, 0.15) is 32.8 Å². The van der Waals surface area contributed by atoms with Crippen LogP contribution in [0, 0.1) is 23.2 Å². The van der Waals surface area contributed by atoms with Crippen molar-refractivity contribution in [3.63, 3.8) is 0 Å². The minimum absolute atomic E-state index is 0.0271. The van der Waals surface area contributed by atoms with Gasteiger partial charge in [0.25, 0.3) is 0 Å². The fraction of sp³-hybridized carbons (Fsp3) is 0.500. The molecule has 0 saturated carbocycles. The van der Waals surface area contributed by atoms with Crippen LogP contribution in [0.4, 0.5) is 5.69 Å². The summed E-state index contributed by atoms with van der Waals surface area (Å²) in [6.07, 6.45) is 2.16. The molecule has 1 amide bonds. The van der Waals surface area contributed by atoms with Gasteiger partial charge in [-0.05, 0) is 30.0 Å². The van der Waals surface area contributed by atoms with Gasteiger partial charge in [0.1, 0.15) is 5.92 Å². The van der Waals surface area contributed by atoms with Crippen LogP contribution in [0.2, 0.25) is 0 Å². The van der Waals surface area contributed by atoms with Crippen LogP contribution in [0.3, 0.4) is 0 Å². The van der Waals surface area contributed by atoms with Gasteiger partial charge in [-0.2, -0.15) is 5.26 Å². The van der Waals surface area contributed by atoms with Gasteiger partial charge in [0.15, 0.2) is 0 Å². The van der Waals surface area contributed by atoms with Crippen molar-refractivity contribution >= 4 is 11.6 Å². The van der Waals surface area contributed by atoms with E-state index in [9.17, 15) is 4.79 Å². The molecule has 0 N–H and O–H groups in total. The molecule has 1 aromatic carbocycles. The van der Waals surface area contributed by atoms with Crippen LogP contribution >= 0.6 is 0 Å². The summed E-state index contributed by atoms with van der Waals surface area (Å²) in [5.74, 6) is -0.694. The Morgan fingerprint density at radius 1 is 1.32 bits per heavy atom. The molecule has 0 aliphatic rings. The van der Waals surface area contributed by atoms with Gasteiger partial charge in [-0.15, -0.1) is 0 Å². The first kappa shape index (κ1) is 15.2. The standard InChI is InChI=1S/C16H22N2O/c1-5-6-13-7-9-14(10-8-13)18(4)16(19)15(11-17)12(2)3/h7-10,12,15H,5-6H2,1-4H3. The lowest BCUT2D eigenvalue weighted by Crippen LogP contribution is -2.34. The molecule has 0 radical (unpaired) electrons. The highest BCUT2D eigenvalue weighted by Crippen LogP contribution is 2.20. The summed E-state index contributed by atoms with van der Waals surface area (Å²) in [6, 6.07) is 10.1. The Labute approximate surface area is 115 Å². The van der Waals surface area contributed by atoms with E-state index in [1.165, 1.54) is 5.56 Å². The van der Waals surface area contributed by atoms with Gasteiger partial charge in [-0.1, -0.05) is 39.3 Å². The number of hydrogen-bond donors (Lipinski definition) is 0. The lowest BCUT2D eigenvalue weighted by atomic mass is 9.96. The summed E-state index contributed by atoms with van der Waals surface area (Å²) in [5.41, 5.74) is 2.11. The minimum atomic E-state index is -0.583. The van der Waals surface area contributed by atoms with E-state index in [4.69, 9.17) is 5.26 Å². The number of benzene rings is 1. The number of nitrogens with zero attached hydrogens (tertiary/aromatic N) is 2. The van der Waals surface area contributed by atoms with E-state index >= 15 is 0 Å². The maximum absolute atomic E-state index is 12.2. The molecular weight excluding hydrogens is 236 g/mol. The number of anilines is 1. The molecule has 0 aliphatic heterocycles. The SMILES string of the molecule is CCCc1ccc(N(C)C(=O)C(C#N)C(C)C)cc1. The third-order valence-corrected chi connectivity index (χ3v) is 3.26. The van der Waals surface area contributed by atoms with Gasteiger partial charge in [-0.3, -0.25) is 4.79 Å². The van der Waals surface area contributed by atoms with Crippen LogP contribution in [-0.4, -0.2) is 13.0 Å². The zero-order chi connectivity index (χ0) is 14.4. The Morgan fingerprint density at radius 3 is 2.32 bits per heavy atom. The molecule has 0 spiro atoms. The van der Waals surface area contributed by atoms with E-state index in [0.717, 1.165) is 18.5 Å². The van der Waals surface area contributed by atoms with Crippen LogP contribution in [0.15, 0.2) is 24.3 Å². The molecule has 0 heterocycles. The fourth-order valence-electron chi connectivity index (χ4n) is 2.00. The van der Waals surface area contributed by atoms with Crippen molar-refractivity contribution < 1.29 is 4.79 Å². The second-order valence-electron chi connectivity index (χ2n) is 5.16. The quantitative estimate of drug-likeness (QED) is 0.812. The molecule has 1 rings (SSSR count). The number of hydrogen-bond acceptors (Lipinski definition) is 2. The predicted octanol–water partition coefficient (Wildman–Crippen LogP) is 3.40. The second kappa shape index (κ2) is 6.94. The van der Waals surface area contributed by atoms with Gasteiger partial charge in [0, 0.05) is 12.7 Å². The van der Waals surface area contributed by atoms with Gasteiger partial charge in [-0.25, -0.2) is 0 Å². The molecule has 0 bridgehead atoms. The van der Waals surface area contributed by atoms with Crippen molar-refractivity contribution in [3.8, 4) is 6.07 Å². The molecule has 0 fully saturated rings. The van der Waals surface area contributed by atoms with E-state index in [0.29, 0.717) is 0 Å². The lowest BCUT2D eigenvalue weighted by Gasteiger charge is -2.22. The minimum Gasteiger partial charge on any atom is -0.314 e. The van der Waals surface area contributed by atoms with E-state index in [1.807, 2.05) is 38.1 Å². The summed E-state index contributed by atoms with van der Waals surface area (Å²) >= 11 is 0. The topological polar surface area (TPSA) is 44.1 Å². The number of amides is 1. The first-order chi connectivity index (χ1) is 9.01. The summed E-state index contributed by atoms with van der Waals surface area (Å²) in [7, 11) is 1.73. The van der Waals surface area contributed by atoms with Crippen molar-refractivity contribution in [2.24, 2.45) is 11.8 Å². The van der Waals surface area contributed by atoms with Crippen molar-refractivity contribution in [2.45, 2.75) is 33.6 Å². The van der Waals surface area contributed by atoms with Crippen LogP contribution in [0.25, 0.3) is 0 Å². The van der Waals surface area contributed by atoms with Gasteiger partial charge in [0.05, 0.1) is 6.07 Å². The van der Waals surface area contributed by atoms with Gasteiger partial charge >= 0.3 is 0 Å². The average molecular weight is 258 g/mol. The molecule has 1 unspecified atom stereocenters. The largest absolute Gasteiger partial charge is 0.314 e. The Morgan fingerprint density at radius 2 is 1.89 bits per heavy atom. The van der Waals surface area contributed by atoms with Gasteiger partial charge in [0.2, 0.25) is 5.91 Å². The maximum atomic E-state index is 12.2. The molecule has 102 valence electrons. The zero-order valence-electron chi connectivity index (χ0n) is 12.2. The maximum Gasteiger partial charge on any atom is 0.244 e. The van der Waals surface area contributed by atoms with E-state index in [2.05, 4.69) is 13.0 Å². The summed E-state index contributed by atoms with van der Waals surface area (Å²) < 4.78 is 0. The molecule has 19 heavy (non-hydrogen) atoms. The molecule has 1 atom stereocenters. The van der Waals surface area contributed by atoms with Crippen molar-refractivity contribution in [3.05, 3.63) is 29.8 Å². The number of aryl methyl sites for hydroxylation is 1. The summed E-state index contributed by atoms with van der Waals surface area (Å²) in [5, 5.41) is 9.08. The number of carbonyl (C=O) groups is 1. The highest BCUT2D eigenvalue weighted by molar-refractivity contribution is 5.96. The average Bonchev–Trinajstić information content (AvgIpc) is 2.39. The smallest absolute Gasteiger partial charge is 0.244 e. The van der Waals surface area contributed by atoms with E-state index in [1.54, 1.807) is 11.9 Å². The molecule has 3 nitrogen and oxygen atoms in total. The number of rotatable bonds is 5. The first-order valence-electron chi connectivity index (χ1n) is 6.77. The van der Waals surface area contributed by atoms with Crippen molar-refractivity contribution in [2.75, 3.05) is 11.9 Å². The Balaban J connectivity index is 2.85. The molecular formula is C16H22N2O. The monoisotopic (exact) mass is 258 g/mol. The molecule has 1 aromatic rings. The Kier molecular flexibility index (Phi) is 5.57. The summed E-state index contributed by atoms with van der Waals surface area (Å²) in [4.78, 5) is 13.8. The number of carbonyl (C=O) groups excluding carboxylic acids is 1. The Hall–Kier alpha value is -1.82. The molecule has 0 saturated heterocycles. The molecule has 3 heteroatoms. The predicted molar refractivity (Wildman–Crippen MR) is 77.8 cm³/mol. The second-order valence-corrected chi connectivity index (χ2v) is 5.16. The highest BCUT2D eigenvalue weighted by atomic mass is 16.2. The third kappa shape index (κ3) is 3.82. The lowest BCUT2D eigenvalue weighted by molar-refractivity contribution is -0.121. The summed E-state index contributed by atoms with van der Waals surface area (Å²) in [6.45, 7) is 5.93. The van der Waals surface area contributed by atoms with Crippen molar-refractivity contribution in [1.82, 2.24) is 0 Å². The van der Waals surface area contributed by atoms with E-state index in [-0.39, 0.29) is 11.8 Å². The highest BCUT2D eigenvalue weighted by Gasteiger charge is 2.25. The number of nitriles is 1. The molecule has 0 aromatic heterocycles. The first-order valence-corrected chi connectivity index (χ1v) is 6.77. The zero-order valence-corrected chi connectivity index (χ0v) is 12.2. The van der Waals surface area contributed by atoms with Crippen LogP contribution in [0.5, 0.6) is 0 Å². The van der Waals surface area contributed by atoms with Gasteiger partial charge < -0.3 is 4.90 Å².